The molecule has 1 aromatic carbocycles. The van der Waals surface area contributed by atoms with Gasteiger partial charge in [0, 0.05) is 10.1 Å². The van der Waals surface area contributed by atoms with Gasteiger partial charge in [-0.25, -0.2) is 0 Å². The molecule has 1 unspecified atom stereocenters. The third-order valence-electron chi connectivity index (χ3n) is 2.12. The number of carboxylic acid groups (broad SMARTS) is 1. The lowest BCUT2D eigenvalue weighted by atomic mass is 10.0. The number of hydrogen-bond acceptors (Lipinski definition) is 2. The number of benzene rings is 1. The molecule has 1 N–H and O–H groups in total. The Morgan fingerprint density at radius 1 is 1.20 bits per heavy atom. The number of carboxylic acids is 1. The largest absolute Gasteiger partial charge is 0.481 e. The SMILES string of the molecule is CC(C)Sc1ccc(C(C)C(=O)O)cc1. The fraction of sp³-hybridized carbons (Fsp3) is 0.417. The zero-order valence-corrected chi connectivity index (χ0v) is 10.0. The first-order valence-corrected chi connectivity index (χ1v) is 5.88. The molecule has 82 valence electrons. The summed E-state index contributed by atoms with van der Waals surface area (Å²) < 4.78 is 0. The van der Waals surface area contributed by atoms with Crippen molar-refractivity contribution in [3.63, 3.8) is 0 Å². The Balaban J connectivity index is 2.76. The monoisotopic (exact) mass is 224 g/mol. The van der Waals surface area contributed by atoms with E-state index in [-0.39, 0.29) is 0 Å². The molecule has 0 aromatic heterocycles. The molecule has 0 amide bonds. The fourth-order valence-corrected chi connectivity index (χ4v) is 2.09. The van der Waals surface area contributed by atoms with Crippen LogP contribution in [0.5, 0.6) is 0 Å². The van der Waals surface area contributed by atoms with E-state index in [0.717, 1.165) is 5.56 Å². The quantitative estimate of drug-likeness (QED) is 0.797. The van der Waals surface area contributed by atoms with Crippen molar-refractivity contribution in [2.24, 2.45) is 0 Å². The van der Waals surface area contributed by atoms with Crippen molar-refractivity contribution in [1.82, 2.24) is 0 Å². The summed E-state index contributed by atoms with van der Waals surface area (Å²) in [4.78, 5) is 11.9. The van der Waals surface area contributed by atoms with Crippen molar-refractivity contribution in [1.29, 1.82) is 0 Å². The van der Waals surface area contributed by atoms with E-state index in [1.807, 2.05) is 24.3 Å². The smallest absolute Gasteiger partial charge is 0.310 e. The Hall–Kier alpha value is -0.960. The van der Waals surface area contributed by atoms with Gasteiger partial charge in [0.1, 0.15) is 0 Å². The molecule has 1 aromatic rings. The summed E-state index contributed by atoms with van der Waals surface area (Å²) in [5.41, 5.74) is 0.857. The molecule has 0 aliphatic rings. The summed E-state index contributed by atoms with van der Waals surface area (Å²) in [5.74, 6) is -1.21. The van der Waals surface area contributed by atoms with Crippen LogP contribution < -0.4 is 0 Å². The van der Waals surface area contributed by atoms with Crippen LogP contribution in [-0.4, -0.2) is 16.3 Å². The minimum Gasteiger partial charge on any atom is -0.481 e. The van der Waals surface area contributed by atoms with Crippen molar-refractivity contribution >= 4 is 17.7 Å². The van der Waals surface area contributed by atoms with Crippen molar-refractivity contribution in [3.05, 3.63) is 29.8 Å². The average molecular weight is 224 g/mol. The minimum absolute atomic E-state index is 0.428. The maximum absolute atomic E-state index is 10.8. The van der Waals surface area contributed by atoms with Crippen LogP contribution in [0.3, 0.4) is 0 Å². The topological polar surface area (TPSA) is 37.3 Å². The summed E-state index contributed by atoms with van der Waals surface area (Å²) in [6, 6.07) is 7.76. The van der Waals surface area contributed by atoms with Gasteiger partial charge in [-0.15, -0.1) is 11.8 Å². The van der Waals surface area contributed by atoms with Crippen LogP contribution in [0.25, 0.3) is 0 Å². The first-order chi connectivity index (χ1) is 7.00. The highest BCUT2D eigenvalue weighted by molar-refractivity contribution is 7.99. The highest BCUT2D eigenvalue weighted by Gasteiger charge is 2.12. The number of hydrogen-bond donors (Lipinski definition) is 1. The number of thioether (sulfide) groups is 1. The fourth-order valence-electron chi connectivity index (χ4n) is 1.25. The van der Waals surface area contributed by atoms with E-state index < -0.39 is 11.9 Å². The van der Waals surface area contributed by atoms with Gasteiger partial charge in [0.2, 0.25) is 0 Å². The minimum atomic E-state index is -0.778. The van der Waals surface area contributed by atoms with E-state index in [2.05, 4.69) is 13.8 Å². The molecule has 0 radical (unpaired) electrons. The molecule has 15 heavy (non-hydrogen) atoms. The molecule has 0 spiro atoms. The second-order valence-corrected chi connectivity index (χ2v) is 5.45. The highest BCUT2D eigenvalue weighted by atomic mass is 32.2. The molecule has 0 saturated carbocycles. The van der Waals surface area contributed by atoms with Gasteiger partial charge in [0.05, 0.1) is 5.92 Å². The lowest BCUT2D eigenvalue weighted by Gasteiger charge is -2.08. The summed E-state index contributed by atoms with van der Waals surface area (Å²) in [6.07, 6.45) is 0. The summed E-state index contributed by atoms with van der Waals surface area (Å²) in [7, 11) is 0. The van der Waals surface area contributed by atoms with E-state index in [1.165, 1.54) is 4.90 Å². The Morgan fingerprint density at radius 3 is 2.13 bits per heavy atom. The summed E-state index contributed by atoms with van der Waals surface area (Å²) in [5, 5.41) is 9.39. The van der Waals surface area contributed by atoms with Crippen molar-refractivity contribution in [3.8, 4) is 0 Å². The van der Waals surface area contributed by atoms with Gasteiger partial charge >= 0.3 is 5.97 Å². The molecule has 0 fully saturated rings. The van der Waals surface area contributed by atoms with Crippen LogP contribution in [0, 0.1) is 0 Å². The van der Waals surface area contributed by atoms with Gasteiger partial charge in [-0.05, 0) is 24.6 Å². The number of aliphatic carboxylic acids is 1. The van der Waals surface area contributed by atoms with Crippen LogP contribution in [0.4, 0.5) is 0 Å². The molecule has 2 nitrogen and oxygen atoms in total. The normalized spacial score (nSPS) is 12.8. The molecule has 0 heterocycles. The van der Waals surface area contributed by atoms with Gasteiger partial charge in [-0.3, -0.25) is 4.79 Å². The van der Waals surface area contributed by atoms with Crippen LogP contribution in [0.1, 0.15) is 32.3 Å². The predicted octanol–water partition coefficient (Wildman–Crippen LogP) is 3.38. The molecule has 3 heteroatoms. The maximum atomic E-state index is 10.8. The zero-order chi connectivity index (χ0) is 11.4. The Labute approximate surface area is 94.7 Å². The van der Waals surface area contributed by atoms with Gasteiger partial charge < -0.3 is 5.11 Å². The molecule has 1 rings (SSSR count). The molecule has 0 aliphatic heterocycles. The average Bonchev–Trinajstić information content (AvgIpc) is 2.17. The van der Waals surface area contributed by atoms with Gasteiger partial charge in [0.15, 0.2) is 0 Å². The van der Waals surface area contributed by atoms with Crippen molar-refractivity contribution in [2.45, 2.75) is 36.8 Å². The Bertz CT molecular complexity index is 330. The van der Waals surface area contributed by atoms with E-state index in [0.29, 0.717) is 5.25 Å². The molecule has 0 saturated heterocycles. The van der Waals surface area contributed by atoms with Gasteiger partial charge in [-0.1, -0.05) is 26.0 Å². The standard InChI is InChI=1S/C12H16O2S/c1-8(2)15-11-6-4-10(5-7-11)9(3)12(13)14/h4-9H,1-3H3,(H,13,14). The van der Waals surface area contributed by atoms with Gasteiger partial charge in [-0.2, -0.15) is 0 Å². The first-order valence-electron chi connectivity index (χ1n) is 5.00. The highest BCUT2D eigenvalue weighted by Crippen LogP contribution is 2.25. The molecular weight excluding hydrogens is 208 g/mol. The molecule has 0 bridgehead atoms. The van der Waals surface area contributed by atoms with Crippen LogP contribution >= 0.6 is 11.8 Å². The first kappa shape index (κ1) is 12.1. The third kappa shape index (κ3) is 3.59. The van der Waals surface area contributed by atoms with Crippen molar-refractivity contribution in [2.75, 3.05) is 0 Å². The summed E-state index contributed by atoms with van der Waals surface area (Å²) >= 11 is 1.78. The Kier molecular flexibility index (Phi) is 4.21. The lowest BCUT2D eigenvalue weighted by molar-refractivity contribution is -0.138. The molecule has 1 atom stereocenters. The summed E-state index contributed by atoms with van der Waals surface area (Å²) in [6.45, 7) is 5.98. The second-order valence-electron chi connectivity index (χ2n) is 3.80. The number of rotatable bonds is 4. The predicted molar refractivity (Wildman–Crippen MR) is 63.5 cm³/mol. The Morgan fingerprint density at radius 2 is 1.73 bits per heavy atom. The zero-order valence-electron chi connectivity index (χ0n) is 9.23. The van der Waals surface area contributed by atoms with Crippen LogP contribution in [-0.2, 0) is 4.79 Å². The molecule has 0 aliphatic carbocycles. The van der Waals surface area contributed by atoms with E-state index in [9.17, 15) is 4.79 Å². The van der Waals surface area contributed by atoms with E-state index in [1.54, 1.807) is 18.7 Å². The van der Waals surface area contributed by atoms with Crippen molar-refractivity contribution < 1.29 is 9.90 Å². The van der Waals surface area contributed by atoms with E-state index in [4.69, 9.17) is 5.11 Å². The third-order valence-corrected chi connectivity index (χ3v) is 3.14. The maximum Gasteiger partial charge on any atom is 0.310 e. The second kappa shape index (κ2) is 5.21. The van der Waals surface area contributed by atoms with Crippen LogP contribution in [0.15, 0.2) is 29.2 Å². The van der Waals surface area contributed by atoms with Gasteiger partial charge in [0.25, 0.3) is 0 Å². The van der Waals surface area contributed by atoms with E-state index >= 15 is 0 Å². The molecular formula is C12H16O2S. The van der Waals surface area contributed by atoms with Crippen LogP contribution in [0.2, 0.25) is 0 Å². The lowest BCUT2D eigenvalue weighted by Crippen LogP contribution is -2.06. The number of carbonyl (C=O) groups is 1.